The van der Waals surface area contributed by atoms with E-state index in [1.165, 1.54) is 34.9 Å². The molecule has 1 amide bonds. The first-order valence-corrected chi connectivity index (χ1v) is 12.4. The molecule has 0 aliphatic carbocycles. The molecule has 4 rings (SSSR count). The number of hydrogen-bond donors (Lipinski definition) is 1. The van der Waals surface area contributed by atoms with Gasteiger partial charge in [-0.1, -0.05) is 22.9 Å². The van der Waals surface area contributed by atoms with Crippen LogP contribution in [0.5, 0.6) is 5.75 Å². The lowest BCUT2D eigenvalue weighted by Crippen LogP contribution is -2.41. The minimum absolute atomic E-state index is 0.135. The van der Waals surface area contributed by atoms with Gasteiger partial charge >= 0.3 is 0 Å². The Morgan fingerprint density at radius 1 is 1.23 bits per heavy atom. The van der Waals surface area contributed by atoms with E-state index in [2.05, 4.69) is 10.3 Å². The Morgan fingerprint density at radius 3 is 2.55 bits per heavy atom. The number of fused-ring (bicyclic) bond motifs is 1. The summed E-state index contributed by atoms with van der Waals surface area (Å²) in [5.41, 5.74) is 1.78. The smallest absolute Gasteiger partial charge is 0.243 e. The lowest BCUT2D eigenvalue weighted by atomic mass is 9.97. The Bertz CT molecular complexity index is 1220. The zero-order valence-electron chi connectivity index (χ0n) is 17.1. The van der Waals surface area contributed by atoms with Crippen molar-refractivity contribution in [3.8, 4) is 5.75 Å². The van der Waals surface area contributed by atoms with E-state index in [1.54, 1.807) is 12.1 Å². The maximum Gasteiger partial charge on any atom is 0.243 e. The molecule has 1 fully saturated rings. The van der Waals surface area contributed by atoms with Crippen molar-refractivity contribution in [3.63, 3.8) is 0 Å². The van der Waals surface area contributed by atoms with Gasteiger partial charge in [0.25, 0.3) is 0 Å². The molecule has 1 aliphatic rings. The van der Waals surface area contributed by atoms with E-state index in [0.717, 1.165) is 15.8 Å². The second-order valence-electron chi connectivity index (χ2n) is 7.43. The molecule has 0 spiro atoms. The van der Waals surface area contributed by atoms with Crippen LogP contribution in [0.4, 0.5) is 5.13 Å². The third-order valence-electron chi connectivity index (χ3n) is 5.40. The summed E-state index contributed by atoms with van der Waals surface area (Å²) in [4.78, 5) is 17.5. The van der Waals surface area contributed by atoms with Gasteiger partial charge in [-0.2, -0.15) is 4.31 Å². The molecule has 164 valence electrons. The fraction of sp³-hybridized carbons (Fsp3) is 0.333. The maximum absolute atomic E-state index is 12.9. The predicted molar refractivity (Wildman–Crippen MR) is 122 cm³/mol. The zero-order chi connectivity index (χ0) is 22.2. The molecule has 3 aromatic rings. The molecule has 2 heterocycles. The van der Waals surface area contributed by atoms with E-state index in [4.69, 9.17) is 16.3 Å². The summed E-state index contributed by atoms with van der Waals surface area (Å²) >= 11 is 7.48. The first-order valence-electron chi connectivity index (χ1n) is 9.79. The summed E-state index contributed by atoms with van der Waals surface area (Å²) < 4.78 is 33.2. The van der Waals surface area contributed by atoms with Gasteiger partial charge in [0, 0.05) is 24.0 Å². The van der Waals surface area contributed by atoms with Crippen LogP contribution in [0, 0.1) is 12.8 Å². The van der Waals surface area contributed by atoms with Crippen molar-refractivity contribution in [1.82, 2.24) is 9.29 Å². The number of thiazole rings is 1. The largest absolute Gasteiger partial charge is 0.497 e. The highest BCUT2D eigenvalue weighted by molar-refractivity contribution is 7.89. The van der Waals surface area contributed by atoms with Crippen LogP contribution < -0.4 is 10.1 Å². The van der Waals surface area contributed by atoms with Gasteiger partial charge in [0.15, 0.2) is 5.13 Å². The predicted octanol–water partition coefficient (Wildman–Crippen LogP) is 4.31. The van der Waals surface area contributed by atoms with E-state index >= 15 is 0 Å². The first-order chi connectivity index (χ1) is 14.8. The molecule has 0 atom stereocenters. The van der Waals surface area contributed by atoms with E-state index in [0.29, 0.717) is 41.8 Å². The van der Waals surface area contributed by atoms with Gasteiger partial charge in [-0.25, -0.2) is 13.4 Å². The number of benzene rings is 2. The second kappa shape index (κ2) is 8.74. The monoisotopic (exact) mass is 479 g/mol. The fourth-order valence-electron chi connectivity index (χ4n) is 3.67. The summed E-state index contributed by atoms with van der Waals surface area (Å²) in [5.74, 6) is 0.199. The number of aromatic nitrogens is 1. The summed E-state index contributed by atoms with van der Waals surface area (Å²) in [6.45, 7) is 2.51. The van der Waals surface area contributed by atoms with Crippen LogP contribution in [0.15, 0.2) is 41.3 Å². The fourth-order valence-corrected chi connectivity index (χ4v) is 6.46. The topological polar surface area (TPSA) is 88.6 Å². The Labute approximate surface area is 190 Å². The number of aryl methyl sites for hydroxylation is 1. The molecule has 7 nitrogen and oxygen atoms in total. The van der Waals surface area contributed by atoms with Gasteiger partial charge in [0.1, 0.15) is 5.75 Å². The van der Waals surface area contributed by atoms with E-state index in [1.807, 2.05) is 19.1 Å². The Kier molecular flexibility index (Phi) is 6.20. The minimum Gasteiger partial charge on any atom is -0.497 e. The molecular weight excluding hydrogens is 458 g/mol. The van der Waals surface area contributed by atoms with Gasteiger partial charge in [0.2, 0.25) is 15.9 Å². The summed E-state index contributed by atoms with van der Waals surface area (Å²) in [5, 5.41) is 4.05. The first kappa shape index (κ1) is 22.0. The quantitative estimate of drug-likeness (QED) is 0.589. The Balaban J connectivity index is 1.40. The van der Waals surface area contributed by atoms with Crippen molar-refractivity contribution in [1.29, 1.82) is 0 Å². The number of nitrogens with one attached hydrogen (secondary N) is 1. The molecule has 1 N–H and O–H groups in total. The number of methoxy groups -OCH3 is 1. The lowest BCUT2D eigenvalue weighted by molar-refractivity contribution is -0.120. The van der Waals surface area contributed by atoms with Crippen LogP contribution in [0.3, 0.4) is 0 Å². The van der Waals surface area contributed by atoms with Crippen LogP contribution in [-0.2, 0) is 14.8 Å². The Morgan fingerprint density at radius 2 is 1.90 bits per heavy atom. The molecule has 0 radical (unpaired) electrons. The number of amides is 1. The van der Waals surface area contributed by atoms with Crippen LogP contribution in [0.25, 0.3) is 10.2 Å². The molecule has 1 aromatic heterocycles. The minimum atomic E-state index is -3.60. The second-order valence-corrected chi connectivity index (χ2v) is 10.8. The molecule has 31 heavy (non-hydrogen) atoms. The van der Waals surface area contributed by atoms with E-state index in [-0.39, 0.29) is 16.7 Å². The number of rotatable bonds is 5. The third-order valence-corrected chi connectivity index (χ3v) is 8.45. The molecule has 0 unspecified atom stereocenters. The van der Waals surface area contributed by atoms with Crippen LogP contribution in [0.1, 0.15) is 18.4 Å². The average Bonchev–Trinajstić information content (AvgIpc) is 3.16. The van der Waals surface area contributed by atoms with Crippen molar-refractivity contribution in [3.05, 3.63) is 47.0 Å². The number of anilines is 1. The molecule has 10 heteroatoms. The van der Waals surface area contributed by atoms with Gasteiger partial charge in [0.05, 0.1) is 22.2 Å². The Hall–Kier alpha value is -2.20. The highest BCUT2D eigenvalue weighted by Crippen LogP contribution is 2.32. The lowest BCUT2D eigenvalue weighted by Gasteiger charge is -2.30. The van der Waals surface area contributed by atoms with E-state index in [9.17, 15) is 13.2 Å². The number of ether oxygens (including phenoxy) is 1. The summed E-state index contributed by atoms with van der Waals surface area (Å²) in [6, 6.07) is 10.00. The highest BCUT2D eigenvalue weighted by Gasteiger charge is 2.32. The van der Waals surface area contributed by atoms with Crippen molar-refractivity contribution in [2.24, 2.45) is 5.92 Å². The molecule has 1 saturated heterocycles. The van der Waals surface area contributed by atoms with Gasteiger partial charge < -0.3 is 10.1 Å². The van der Waals surface area contributed by atoms with Crippen molar-refractivity contribution in [2.75, 3.05) is 25.5 Å². The number of nitrogens with zero attached hydrogens (tertiary/aromatic N) is 2. The number of hydrogen-bond acceptors (Lipinski definition) is 6. The number of piperidine rings is 1. The zero-order valence-corrected chi connectivity index (χ0v) is 19.5. The standard InChI is InChI=1S/C21H22ClN3O4S2/c1-13-11-15(22)12-18-19(13)23-21(30-18)24-20(26)14-7-9-25(10-8-14)31(27,28)17-5-3-16(29-2)4-6-17/h3-6,11-12,14H,7-10H2,1-2H3,(H,23,24,26). The van der Waals surface area contributed by atoms with Crippen molar-refractivity contribution < 1.29 is 17.9 Å². The SMILES string of the molecule is COc1ccc(S(=O)(=O)N2CCC(C(=O)Nc3nc4c(C)cc(Cl)cc4s3)CC2)cc1. The summed E-state index contributed by atoms with van der Waals surface area (Å²) in [7, 11) is -2.07. The average molecular weight is 480 g/mol. The molecule has 0 bridgehead atoms. The van der Waals surface area contributed by atoms with Crippen LogP contribution in [0.2, 0.25) is 5.02 Å². The van der Waals surface area contributed by atoms with E-state index < -0.39 is 10.0 Å². The van der Waals surface area contributed by atoms with Gasteiger partial charge in [-0.3, -0.25) is 4.79 Å². The van der Waals surface area contributed by atoms with Gasteiger partial charge in [-0.05, 0) is 61.7 Å². The highest BCUT2D eigenvalue weighted by atomic mass is 35.5. The number of carbonyl (C=O) groups is 1. The van der Waals surface area contributed by atoms with Crippen LogP contribution >= 0.6 is 22.9 Å². The van der Waals surface area contributed by atoms with Crippen molar-refractivity contribution in [2.45, 2.75) is 24.7 Å². The molecular formula is C21H22ClN3O4S2. The number of sulfonamides is 1. The number of carbonyl (C=O) groups excluding carboxylic acids is 1. The molecule has 1 aliphatic heterocycles. The maximum atomic E-state index is 12.9. The van der Waals surface area contributed by atoms with Crippen LogP contribution in [-0.4, -0.2) is 43.8 Å². The van der Waals surface area contributed by atoms with Gasteiger partial charge in [-0.15, -0.1) is 0 Å². The summed E-state index contributed by atoms with van der Waals surface area (Å²) in [6.07, 6.45) is 0.911. The van der Waals surface area contributed by atoms with Crippen molar-refractivity contribution >= 4 is 54.2 Å². The molecule has 0 saturated carbocycles. The molecule has 2 aromatic carbocycles. The third kappa shape index (κ3) is 4.55. The number of halogens is 1. The normalized spacial score (nSPS) is 15.8.